The lowest BCUT2D eigenvalue weighted by Gasteiger charge is -2.36. The summed E-state index contributed by atoms with van der Waals surface area (Å²) in [4.78, 5) is 4.86. The van der Waals surface area contributed by atoms with E-state index in [1.807, 2.05) is 24.3 Å². The number of hydrogen-bond donors (Lipinski definition) is 0. The average molecular weight is 450 g/mol. The lowest BCUT2D eigenvalue weighted by Crippen LogP contribution is -2.42. The summed E-state index contributed by atoms with van der Waals surface area (Å²) in [6.45, 7) is 2.93. The van der Waals surface area contributed by atoms with Gasteiger partial charge in [0.15, 0.2) is 5.82 Å². The van der Waals surface area contributed by atoms with Gasteiger partial charge in [0.05, 0.1) is 23.0 Å². The zero-order valence-electron chi connectivity index (χ0n) is 19.5. The average Bonchev–Trinajstić information content (AvgIpc) is 3.49. The molecule has 0 radical (unpaired) electrons. The van der Waals surface area contributed by atoms with Crippen LogP contribution >= 0.6 is 0 Å². The van der Waals surface area contributed by atoms with E-state index in [-0.39, 0.29) is 0 Å². The molecule has 7 heteroatoms. The fraction of sp³-hybridized carbons (Fsp3) is 0.296. The Bertz CT molecular complexity index is 1380. The highest BCUT2D eigenvalue weighted by atomic mass is 15.3. The van der Waals surface area contributed by atoms with Gasteiger partial charge in [-0.1, -0.05) is 12.1 Å². The van der Waals surface area contributed by atoms with Gasteiger partial charge in [-0.2, -0.15) is 5.26 Å². The first-order valence-corrected chi connectivity index (χ1v) is 11.8. The second-order valence-electron chi connectivity index (χ2n) is 9.45. The molecule has 2 aliphatic heterocycles. The maximum atomic E-state index is 9.12. The molecule has 4 heterocycles. The van der Waals surface area contributed by atoms with Crippen LogP contribution in [0.1, 0.15) is 24.0 Å². The highest BCUT2D eigenvalue weighted by molar-refractivity contribution is 5.72. The molecular weight excluding hydrogens is 422 g/mol. The maximum Gasteiger partial charge on any atom is 0.185 e. The van der Waals surface area contributed by atoms with Gasteiger partial charge in [0.2, 0.25) is 0 Å². The number of hydrogen-bond acceptors (Lipinski definition) is 5. The van der Waals surface area contributed by atoms with Gasteiger partial charge in [-0.15, -0.1) is 10.2 Å². The van der Waals surface area contributed by atoms with Crippen LogP contribution in [0.25, 0.3) is 28.3 Å². The van der Waals surface area contributed by atoms with Crippen molar-refractivity contribution < 1.29 is 0 Å². The van der Waals surface area contributed by atoms with Crippen LogP contribution in [-0.4, -0.2) is 57.5 Å². The number of nitrogens with zero attached hydrogens (tertiary/aromatic N) is 7. The van der Waals surface area contributed by atoms with Gasteiger partial charge < -0.3 is 14.4 Å². The molecule has 0 saturated carbocycles. The SMILES string of the molecule is CN(C)C1CCN(c2ccc3c(c2)Cn2cc(-c4ccc(C#N)cc4)cc2-c2nncn2-3)CC1. The van der Waals surface area contributed by atoms with E-state index in [0.717, 1.165) is 48.0 Å². The summed E-state index contributed by atoms with van der Waals surface area (Å²) in [7, 11) is 4.36. The lowest BCUT2D eigenvalue weighted by molar-refractivity contribution is 0.249. The third kappa shape index (κ3) is 3.47. The van der Waals surface area contributed by atoms with E-state index < -0.39 is 0 Å². The van der Waals surface area contributed by atoms with Gasteiger partial charge in [-0.25, -0.2) is 0 Å². The molecule has 2 aliphatic rings. The van der Waals surface area contributed by atoms with Gasteiger partial charge in [0.1, 0.15) is 6.33 Å². The Morgan fingerprint density at radius 1 is 1.00 bits per heavy atom. The predicted molar refractivity (Wildman–Crippen MR) is 133 cm³/mol. The fourth-order valence-electron chi connectivity index (χ4n) is 5.26. The van der Waals surface area contributed by atoms with E-state index in [4.69, 9.17) is 5.26 Å². The van der Waals surface area contributed by atoms with Crippen molar-refractivity contribution in [2.45, 2.75) is 25.4 Å². The van der Waals surface area contributed by atoms with Crippen molar-refractivity contribution in [2.24, 2.45) is 0 Å². The van der Waals surface area contributed by atoms with Crippen molar-refractivity contribution in [3.05, 3.63) is 72.2 Å². The quantitative estimate of drug-likeness (QED) is 0.414. The molecular formula is C27H27N7. The minimum absolute atomic E-state index is 0.666. The Morgan fingerprint density at radius 2 is 1.79 bits per heavy atom. The number of nitriles is 1. The Hall–Kier alpha value is -3.89. The van der Waals surface area contributed by atoms with Crippen LogP contribution in [-0.2, 0) is 6.54 Å². The van der Waals surface area contributed by atoms with Gasteiger partial charge in [-0.3, -0.25) is 4.57 Å². The molecule has 0 atom stereocenters. The molecule has 0 amide bonds. The van der Waals surface area contributed by atoms with Crippen molar-refractivity contribution in [1.29, 1.82) is 5.26 Å². The zero-order valence-corrected chi connectivity index (χ0v) is 19.5. The molecule has 2 aromatic carbocycles. The molecule has 1 fully saturated rings. The van der Waals surface area contributed by atoms with Crippen molar-refractivity contribution in [2.75, 3.05) is 32.1 Å². The molecule has 170 valence electrons. The van der Waals surface area contributed by atoms with Gasteiger partial charge >= 0.3 is 0 Å². The molecule has 2 aromatic heterocycles. The Morgan fingerprint density at radius 3 is 2.53 bits per heavy atom. The summed E-state index contributed by atoms with van der Waals surface area (Å²) in [6, 6.07) is 19.5. The van der Waals surface area contributed by atoms with Crippen LogP contribution in [0.3, 0.4) is 0 Å². The maximum absolute atomic E-state index is 9.12. The molecule has 6 rings (SSSR count). The molecule has 0 aliphatic carbocycles. The molecule has 0 unspecified atom stereocenters. The normalized spacial score (nSPS) is 15.4. The van der Waals surface area contributed by atoms with E-state index in [1.54, 1.807) is 6.33 Å². The third-order valence-corrected chi connectivity index (χ3v) is 7.24. The predicted octanol–water partition coefficient (Wildman–Crippen LogP) is 4.17. The Kier molecular flexibility index (Phi) is 4.96. The topological polar surface area (TPSA) is 65.9 Å². The zero-order chi connectivity index (χ0) is 23.2. The van der Waals surface area contributed by atoms with Gasteiger partial charge in [0.25, 0.3) is 0 Å². The van der Waals surface area contributed by atoms with Crippen molar-refractivity contribution in [1.82, 2.24) is 24.2 Å². The molecule has 7 nitrogen and oxygen atoms in total. The van der Waals surface area contributed by atoms with E-state index >= 15 is 0 Å². The van der Waals surface area contributed by atoms with Crippen LogP contribution in [0.2, 0.25) is 0 Å². The summed E-state index contributed by atoms with van der Waals surface area (Å²) in [5.74, 6) is 0.846. The number of anilines is 1. The van der Waals surface area contributed by atoms with Crippen LogP contribution < -0.4 is 4.90 Å². The number of benzene rings is 2. The second kappa shape index (κ2) is 8.15. The Labute approximate surface area is 199 Å². The standard InChI is InChI=1S/C27H27N7/c1-31(2)23-9-11-32(12-10-23)24-7-8-25-22(13-24)17-33-16-21(20-5-3-19(15-28)4-6-20)14-26(33)27-30-29-18-34(25)27/h3-8,13-14,16,18,23H,9-12,17H2,1-2H3. The first-order valence-electron chi connectivity index (χ1n) is 11.8. The molecule has 0 spiro atoms. The van der Waals surface area contributed by atoms with Crippen molar-refractivity contribution in [3.63, 3.8) is 0 Å². The highest BCUT2D eigenvalue weighted by Gasteiger charge is 2.25. The van der Waals surface area contributed by atoms with Crippen LogP contribution in [0.4, 0.5) is 5.69 Å². The minimum Gasteiger partial charge on any atom is -0.371 e. The van der Waals surface area contributed by atoms with E-state index in [2.05, 4.69) is 79.8 Å². The van der Waals surface area contributed by atoms with Gasteiger partial charge in [0, 0.05) is 43.1 Å². The lowest BCUT2D eigenvalue weighted by atomic mass is 10.0. The first kappa shape index (κ1) is 20.7. The summed E-state index contributed by atoms with van der Waals surface area (Å²) in [5, 5.41) is 17.8. The molecule has 0 N–H and O–H groups in total. The number of rotatable bonds is 3. The van der Waals surface area contributed by atoms with Crippen LogP contribution in [0.15, 0.2) is 61.1 Å². The van der Waals surface area contributed by atoms with Gasteiger partial charge in [-0.05, 0) is 74.5 Å². The summed E-state index contributed by atoms with van der Waals surface area (Å²) >= 11 is 0. The van der Waals surface area contributed by atoms with E-state index in [1.165, 1.54) is 24.1 Å². The van der Waals surface area contributed by atoms with E-state index in [0.29, 0.717) is 11.6 Å². The monoisotopic (exact) mass is 449 g/mol. The van der Waals surface area contributed by atoms with Crippen LogP contribution in [0.5, 0.6) is 0 Å². The smallest absolute Gasteiger partial charge is 0.185 e. The number of fused-ring (bicyclic) bond motifs is 5. The summed E-state index contributed by atoms with van der Waals surface area (Å²) in [6.07, 6.45) is 6.37. The minimum atomic E-state index is 0.666. The molecule has 34 heavy (non-hydrogen) atoms. The molecule has 0 bridgehead atoms. The largest absolute Gasteiger partial charge is 0.371 e. The third-order valence-electron chi connectivity index (χ3n) is 7.24. The van der Waals surface area contributed by atoms with Crippen molar-refractivity contribution in [3.8, 4) is 34.4 Å². The van der Waals surface area contributed by atoms with Crippen LogP contribution in [0, 0.1) is 11.3 Å². The number of aromatic nitrogens is 4. The second-order valence-corrected chi connectivity index (χ2v) is 9.45. The summed E-state index contributed by atoms with van der Waals surface area (Å²) < 4.78 is 4.36. The first-order chi connectivity index (χ1) is 16.6. The molecule has 4 aromatic rings. The summed E-state index contributed by atoms with van der Waals surface area (Å²) in [5.41, 5.74) is 7.59. The van der Waals surface area contributed by atoms with Crippen molar-refractivity contribution >= 4 is 5.69 Å². The highest BCUT2D eigenvalue weighted by Crippen LogP contribution is 2.35. The Balaban J connectivity index is 1.36. The molecule has 1 saturated heterocycles. The van der Waals surface area contributed by atoms with E-state index in [9.17, 15) is 0 Å². The number of piperidine rings is 1. The fourth-order valence-corrected chi connectivity index (χ4v) is 5.26.